The first-order valence-corrected chi connectivity index (χ1v) is 5.73. The SMILES string of the molecule is CC(C)C(=O)c1ccccc1-c1ccn(C)n1. The Labute approximate surface area is 101 Å². The number of hydrogen-bond acceptors (Lipinski definition) is 2. The van der Waals surface area contributed by atoms with Crippen molar-refractivity contribution in [3.8, 4) is 11.3 Å². The van der Waals surface area contributed by atoms with Crippen molar-refractivity contribution in [3.63, 3.8) is 0 Å². The number of carbonyl (C=O) groups is 1. The zero-order valence-electron chi connectivity index (χ0n) is 10.3. The van der Waals surface area contributed by atoms with Gasteiger partial charge in [0.2, 0.25) is 0 Å². The number of Topliss-reactive ketones (excluding diaryl/α,β-unsaturated/α-hetero) is 1. The number of carbonyl (C=O) groups excluding carboxylic acids is 1. The van der Waals surface area contributed by atoms with Crippen LogP contribution in [0, 0.1) is 5.92 Å². The van der Waals surface area contributed by atoms with E-state index in [9.17, 15) is 4.79 Å². The maximum absolute atomic E-state index is 12.1. The van der Waals surface area contributed by atoms with Gasteiger partial charge in [-0.25, -0.2) is 0 Å². The highest BCUT2D eigenvalue weighted by Gasteiger charge is 2.16. The molecule has 1 aromatic heterocycles. The molecule has 0 unspecified atom stereocenters. The predicted octanol–water partition coefficient (Wildman–Crippen LogP) is 2.93. The number of rotatable bonds is 3. The van der Waals surface area contributed by atoms with Crippen LogP contribution in [-0.2, 0) is 7.05 Å². The van der Waals surface area contributed by atoms with E-state index in [1.807, 2.05) is 57.4 Å². The zero-order valence-corrected chi connectivity index (χ0v) is 10.3. The van der Waals surface area contributed by atoms with E-state index in [2.05, 4.69) is 5.10 Å². The molecule has 17 heavy (non-hydrogen) atoms. The zero-order chi connectivity index (χ0) is 12.4. The first kappa shape index (κ1) is 11.6. The molecule has 0 N–H and O–H groups in total. The lowest BCUT2D eigenvalue weighted by Gasteiger charge is -2.08. The minimum Gasteiger partial charge on any atom is -0.294 e. The number of ketones is 1. The first-order valence-electron chi connectivity index (χ1n) is 5.73. The van der Waals surface area contributed by atoms with Gasteiger partial charge in [0.25, 0.3) is 0 Å². The van der Waals surface area contributed by atoms with Crippen LogP contribution in [0.15, 0.2) is 36.5 Å². The molecule has 2 rings (SSSR count). The van der Waals surface area contributed by atoms with E-state index in [0.29, 0.717) is 0 Å². The van der Waals surface area contributed by atoms with Crippen LogP contribution in [-0.4, -0.2) is 15.6 Å². The van der Waals surface area contributed by atoms with Crippen molar-refractivity contribution in [1.82, 2.24) is 9.78 Å². The number of aryl methyl sites for hydroxylation is 1. The van der Waals surface area contributed by atoms with Crippen LogP contribution in [0.2, 0.25) is 0 Å². The van der Waals surface area contributed by atoms with Gasteiger partial charge in [0.1, 0.15) is 0 Å². The number of nitrogens with zero attached hydrogens (tertiary/aromatic N) is 2. The van der Waals surface area contributed by atoms with Crippen molar-refractivity contribution in [3.05, 3.63) is 42.1 Å². The second-order valence-electron chi connectivity index (χ2n) is 4.44. The molecule has 0 atom stereocenters. The molecule has 0 aliphatic carbocycles. The van der Waals surface area contributed by atoms with Crippen LogP contribution >= 0.6 is 0 Å². The van der Waals surface area contributed by atoms with Crippen molar-refractivity contribution >= 4 is 5.78 Å². The molecule has 0 amide bonds. The Morgan fingerprint density at radius 1 is 1.24 bits per heavy atom. The Kier molecular flexibility index (Phi) is 3.09. The highest BCUT2D eigenvalue weighted by molar-refractivity contribution is 6.02. The van der Waals surface area contributed by atoms with Crippen molar-refractivity contribution in [2.75, 3.05) is 0 Å². The van der Waals surface area contributed by atoms with Gasteiger partial charge < -0.3 is 0 Å². The predicted molar refractivity (Wildman–Crippen MR) is 67.8 cm³/mol. The van der Waals surface area contributed by atoms with E-state index < -0.39 is 0 Å². The van der Waals surface area contributed by atoms with Gasteiger partial charge in [0.15, 0.2) is 5.78 Å². The van der Waals surface area contributed by atoms with Crippen LogP contribution in [0.5, 0.6) is 0 Å². The van der Waals surface area contributed by atoms with Crippen LogP contribution in [0.1, 0.15) is 24.2 Å². The Hall–Kier alpha value is -1.90. The third-order valence-corrected chi connectivity index (χ3v) is 2.71. The minimum absolute atomic E-state index is 0.000128. The Morgan fingerprint density at radius 2 is 1.94 bits per heavy atom. The molecule has 3 heteroatoms. The normalized spacial score (nSPS) is 10.8. The summed E-state index contributed by atoms with van der Waals surface area (Å²) in [6, 6.07) is 9.56. The average Bonchev–Trinajstić information content (AvgIpc) is 2.74. The number of hydrogen-bond donors (Lipinski definition) is 0. The molecule has 0 aliphatic heterocycles. The maximum atomic E-state index is 12.1. The van der Waals surface area contributed by atoms with Crippen LogP contribution in [0.4, 0.5) is 0 Å². The molecule has 0 spiro atoms. The largest absolute Gasteiger partial charge is 0.294 e. The summed E-state index contributed by atoms with van der Waals surface area (Å²) in [6.07, 6.45) is 1.88. The van der Waals surface area contributed by atoms with Gasteiger partial charge in [0, 0.05) is 30.3 Å². The number of aromatic nitrogens is 2. The van der Waals surface area contributed by atoms with Crippen LogP contribution in [0.3, 0.4) is 0 Å². The fourth-order valence-electron chi connectivity index (χ4n) is 1.79. The highest BCUT2D eigenvalue weighted by Crippen LogP contribution is 2.23. The van der Waals surface area contributed by atoms with Gasteiger partial charge in [-0.15, -0.1) is 0 Å². The van der Waals surface area contributed by atoms with E-state index in [1.54, 1.807) is 4.68 Å². The van der Waals surface area contributed by atoms with E-state index >= 15 is 0 Å². The summed E-state index contributed by atoms with van der Waals surface area (Å²) >= 11 is 0. The summed E-state index contributed by atoms with van der Waals surface area (Å²) in [4.78, 5) is 12.1. The summed E-state index contributed by atoms with van der Waals surface area (Å²) in [5.74, 6) is 0.158. The van der Waals surface area contributed by atoms with E-state index in [-0.39, 0.29) is 11.7 Å². The van der Waals surface area contributed by atoms with Crippen molar-refractivity contribution in [1.29, 1.82) is 0 Å². The molecular formula is C14H16N2O. The molecule has 0 aliphatic rings. The fraction of sp³-hybridized carbons (Fsp3) is 0.286. The molecule has 0 saturated carbocycles. The average molecular weight is 228 g/mol. The molecule has 2 aromatic rings. The lowest BCUT2D eigenvalue weighted by atomic mass is 9.95. The lowest BCUT2D eigenvalue weighted by Crippen LogP contribution is -2.09. The lowest BCUT2D eigenvalue weighted by molar-refractivity contribution is 0.0940. The van der Waals surface area contributed by atoms with Gasteiger partial charge >= 0.3 is 0 Å². The van der Waals surface area contributed by atoms with E-state index in [1.165, 1.54) is 0 Å². The first-order chi connectivity index (χ1) is 8.09. The summed E-state index contributed by atoms with van der Waals surface area (Å²) in [7, 11) is 1.87. The second kappa shape index (κ2) is 4.53. The molecule has 0 bridgehead atoms. The highest BCUT2D eigenvalue weighted by atomic mass is 16.1. The molecule has 1 heterocycles. The summed E-state index contributed by atoms with van der Waals surface area (Å²) in [5.41, 5.74) is 2.50. The van der Waals surface area contributed by atoms with E-state index in [4.69, 9.17) is 0 Å². The van der Waals surface area contributed by atoms with Gasteiger partial charge in [0.05, 0.1) is 5.69 Å². The third kappa shape index (κ3) is 2.28. The van der Waals surface area contributed by atoms with Crippen molar-refractivity contribution in [2.24, 2.45) is 13.0 Å². The Balaban J connectivity index is 2.51. The van der Waals surface area contributed by atoms with Gasteiger partial charge in [-0.1, -0.05) is 38.1 Å². The maximum Gasteiger partial charge on any atom is 0.166 e. The van der Waals surface area contributed by atoms with Crippen molar-refractivity contribution < 1.29 is 4.79 Å². The minimum atomic E-state index is -0.000128. The number of benzene rings is 1. The smallest absolute Gasteiger partial charge is 0.166 e. The van der Waals surface area contributed by atoms with Gasteiger partial charge in [-0.05, 0) is 6.07 Å². The molecule has 0 saturated heterocycles. The quantitative estimate of drug-likeness (QED) is 0.757. The summed E-state index contributed by atoms with van der Waals surface area (Å²) in [6.45, 7) is 3.83. The van der Waals surface area contributed by atoms with Crippen LogP contribution < -0.4 is 0 Å². The van der Waals surface area contributed by atoms with Crippen molar-refractivity contribution in [2.45, 2.75) is 13.8 Å². The Bertz CT molecular complexity index is 541. The second-order valence-corrected chi connectivity index (χ2v) is 4.44. The molecule has 0 radical (unpaired) electrons. The third-order valence-electron chi connectivity index (χ3n) is 2.71. The fourth-order valence-corrected chi connectivity index (χ4v) is 1.79. The molecule has 3 nitrogen and oxygen atoms in total. The summed E-state index contributed by atoms with van der Waals surface area (Å²) in [5, 5.41) is 4.35. The molecule has 1 aromatic carbocycles. The summed E-state index contributed by atoms with van der Waals surface area (Å²) < 4.78 is 1.74. The standard InChI is InChI=1S/C14H16N2O/c1-10(2)14(17)12-7-5-4-6-11(12)13-8-9-16(3)15-13/h4-10H,1-3H3. The van der Waals surface area contributed by atoms with Gasteiger partial charge in [-0.2, -0.15) is 5.10 Å². The topological polar surface area (TPSA) is 34.9 Å². The van der Waals surface area contributed by atoms with E-state index in [0.717, 1.165) is 16.8 Å². The molecule has 88 valence electrons. The van der Waals surface area contributed by atoms with Gasteiger partial charge in [-0.3, -0.25) is 9.48 Å². The molecule has 0 fully saturated rings. The van der Waals surface area contributed by atoms with Crippen LogP contribution in [0.25, 0.3) is 11.3 Å². The monoisotopic (exact) mass is 228 g/mol. The Morgan fingerprint density at radius 3 is 2.53 bits per heavy atom. The molecular weight excluding hydrogens is 212 g/mol.